The summed E-state index contributed by atoms with van der Waals surface area (Å²) in [6, 6.07) is 33.8. The summed E-state index contributed by atoms with van der Waals surface area (Å²) in [5.41, 5.74) is 6.71. The molecule has 1 nitrogen and oxygen atoms in total. The molecule has 2 radical (unpaired) electrons. The van der Waals surface area contributed by atoms with Crippen molar-refractivity contribution < 1.29 is 0 Å². The highest BCUT2D eigenvalue weighted by atomic mass is 15.0. The van der Waals surface area contributed by atoms with E-state index in [2.05, 4.69) is 77.4 Å². The van der Waals surface area contributed by atoms with Gasteiger partial charge in [-0.05, 0) is 41.5 Å². The zero-order chi connectivity index (χ0) is 17.5. The van der Waals surface area contributed by atoms with E-state index in [9.17, 15) is 0 Å². The molecular formula is C24H16BN. The fourth-order valence-corrected chi connectivity index (χ4v) is 3.73. The predicted molar refractivity (Wildman–Crippen MR) is 112 cm³/mol. The molecule has 0 unspecified atom stereocenters. The van der Waals surface area contributed by atoms with Crippen molar-refractivity contribution in [1.82, 2.24) is 4.57 Å². The second-order valence-electron chi connectivity index (χ2n) is 6.55. The van der Waals surface area contributed by atoms with Gasteiger partial charge < -0.3 is 4.57 Å². The SMILES string of the molecule is [B]c1cccc(-n2c3ccccc3c3cc(-c4ccccc4)ccc32)c1. The number of rotatable bonds is 2. The number of fused-ring (bicyclic) bond motifs is 3. The third-order valence-corrected chi connectivity index (χ3v) is 4.91. The molecule has 0 saturated heterocycles. The monoisotopic (exact) mass is 329 g/mol. The summed E-state index contributed by atoms with van der Waals surface area (Å²) in [6.07, 6.45) is 0. The van der Waals surface area contributed by atoms with Crippen LogP contribution in [0.4, 0.5) is 0 Å². The van der Waals surface area contributed by atoms with Gasteiger partial charge in [-0.3, -0.25) is 0 Å². The van der Waals surface area contributed by atoms with Crippen molar-refractivity contribution in [2.45, 2.75) is 0 Å². The van der Waals surface area contributed by atoms with Crippen LogP contribution in [0.3, 0.4) is 0 Å². The van der Waals surface area contributed by atoms with E-state index in [1.54, 1.807) is 0 Å². The first-order chi connectivity index (χ1) is 12.8. The summed E-state index contributed by atoms with van der Waals surface area (Å²) in [5.74, 6) is 0. The minimum Gasteiger partial charge on any atom is -0.309 e. The quantitative estimate of drug-likeness (QED) is 0.390. The molecule has 0 aliphatic carbocycles. The third-order valence-electron chi connectivity index (χ3n) is 4.91. The fourth-order valence-electron chi connectivity index (χ4n) is 3.73. The van der Waals surface area contributed by atoms with E-state index in [4.69, 9.17) is 7.85 Å². The first-order valence-electron chi connectivity index (χ1n) is 8.76. The Hall–Kier alpha value is -3.26. The maximum Gasteiger partial charge on any atom is 0.113 e. The topological polar surface area (TPSA) is 4.93 Å². The van der Waals surface area contributed by atoms with E-state index in [-0.39, 0.29) is 0 Å². The third kappa shape index (κ3) is 2.34. The van der Waals surface area contributed by atoms with Crippen LogP contribution in [-0.4, -0.2) is 12.4 Å². The molecular weight excluding hydrogens is 313 g/mol. The van der Waals surface area contributed by atoms with Crippen molar-refractivity contribution in [2.75, 3.05) is 0 Å². The lowest BCUT2D eigenvalue weighted by Gasteiger charge is -2.09. The van der Waals surface area contributed by atoms with Crippen LogP contribution < -0.4 is 5.46 Å². The van der Waals surface area contributed by atoms with Crippen LogP contribution in [0.25, 0.3) is 38.6 Å². The van der Waals surface area contributed by atoms with Gasteiger partial charge in [-0.15, -0.1) is 0 Å². The fraction of sp³-hybridized carbons (Fsp3) is 0. The van der Waals surface area contributed by atoms with Crippen LogP contribution in [0.1, 0.15) is 0 Å². The van der Waals surface area contributed by atoms with Crippen molar-refractivity contribution in [2.24, 2.45) is 0 Å². The Kier molecular flexibility index (Phi) is 3.43. The highest BCUT2D eigenvalue weighted by molar-refractivity contribution is 6.32. The van der Waals surface area contributed by atoms with Crippen molar-refractivity contribution in [3.8, 4) is 16.8 Å². The van der Waals surface area contributed by atoms with Gasteiger partial charge in [-0.1, -0.05) is 72.2 Å². The second-order valence-corrected chi connectivity index (χ2v) is 6.55. The number of hydrogen-bond acceptors (Lipinski definition) is 0. The van der Waals surface area contributed by atoms with Gasteiger partial charge in [0.15, 0.2) is 0 Å². The van der Waals surface area contributed by atoms with Crippen molar-refractivity contribution in [3.05, 3.63) is 97.1 Å². The van der Waals surface area contributed by atoms with Gasteiger partial charge in [0.05, 0.1) is 11.0 Å². The average Bonchev–Trinajstić information content (AvgIpc) is 3.02. The molecule has 0 amide bonds. The molecule has 0 fully saturated rings. The van der Waals surface area contributed by atoms with E-state index in [1.165, 1.54) is 32.9 Å². The summed E-state index contributed by atoms with van der Waals surface area (Å²) in [4.78, 5) is 0. The molecule has 0 spiro atoms. The Bertz CT molecular complexity index is 1240. The summed E-state index contributed by atoms with van der Waals surface area (Å²) in [6.45, 7) is 0. The number of hydrogen-bond donors (Lipinski definition) is 0. The van der Waals surface area contributed by atoms with Crippen LogP contribution in [-0.2, 0) is 0 Å². The van der Waals surface area contributed by atoms with Crippen molar-refractivity contribution in [3.63, 3.8) is 0 Å². The summed E-state index contributed by atoms with van der Waals surface area (Å²) in [7, 11) is 6.04. The molecule has 0 aliphatic rings. The van der Waals surface area contributed by atoms with Crippen LogP contribution in [0, 0.1) is 0 Å². The van der Waals surface area contributed by atoms with Gasteiger partial charge in [0, 0.05) is 16.5 Å². The minimum atomic E-state index is 0.773. The van der Waals surface area contributed by atoms with Crippen LogP contribution >= 0.6 is 0 Å². The lowest BCUT2D eigenvalue weighted by molar-refractivity contribution is 1.18. The first kappa shape index (κ1) is 15.0. The lowest BCUT2D eigenvalue weighted by atomic mass is 9.96. The molecule has 1 heterocycles. The molecule has 120 valence electrons. The maximum absolute atomic E-state index is 6.04. The van der Waals surface area contributed by atoms with Gasteiger partial charge in [0.25, 0.3) is 0 Å². The van der Waals surface area contributed by atoms with Crippen molar-refractivity contribution >= 4 is 35.1 Å². The van der Waals surface area contributed by atoms with E-state index < -0.39 is 0 Å². The molecule has 0 saturated carbocycles. The smallest absolute Gasteiger partial charge is 0.113 e. The Morgan fingerprint density at radius 1 is 0.538 bits per heavy atom. The average molecular weight is 329 g/mol. The number of aromatic nitrogens is 1. The standard InChI is InChI=1S/C24H16BN/c25-19-9-6-10-20(16-19)26-23-12-5-4-11-21(23)22-15-18(13-14-24(22)26)17-7-2-1-3-8-17/h1-16H. The molecule has 0 N–H and O–H groups in total. The number of nitrogens with zero attached hydrogens (tertiary/aromatic N) is 1. The normalized spacial score (nSPS) is 11.2. The minimum absolute atomic E-state index is 0.773. The maximum atomic E-state index is 6.04. The van der Waals surface area contributed by atoms with E-state index >= 15 is 0 Å². The molecule has 5 rings (SSSR count). The van der Waals surface area contributed by atoms with Gasteiger partial charge in [0.1, 0.15) is 7.85 Å². The van der Waals surface area contributed by atoms with Crippen LogP contribution in [0.5, 0.6) is 0 Å². The Morgan fingerprint density at radius 2 is 1.31 bits per heavy atom. The first-order valence-corrected chi connectivity index (χ1v) is 8.76. The molecule has 0 bridgehead atoms. The van der Waals surface area contributed by atoms with E-state index in [0.717, 1.165) is 11.2 Å². The molecule has 2 heteroatoms. The lowest BCUT2D eigenvalue weighted by Crippen LogP contribution is -2.04. The largest absolute Gasteiger partial charge is 0.309 e. The Labute approximate surface area is 153 Å². The molecule has 0 aliphatic heterocycles. The molecule has 1 aromatic heterocycles. The highest BCUT2D eigenvalue weighted by Crippen LogP contribution is 2.34. The summed E-state index contributed by atoms with van der Waals surface area (Å²) < 4.78 is 2.29. The zero-order valence-electron chi connectivity index (χ0n) is 14.3. The van der Waals surface area contributed by atoms with Crippen LogP contribution in [0.15, 0.2) is 97.1 Å². The van der Waals surface area contributed by atoms with E-state index in [1.807, 2.05) is 24.3 Å². The Morgan fingerprint density at radius 3 is 2.15 bits per heavy atom. The molecule has 0 atom stereocenters. The van der Waals surface area contributed by atoms with Crippen LogP contribution in [0.2, 0.25) is 0 Å². The predicted octanol–water partition coefficient (Wildman–Crippen LogP) is 5.24. The number of benzene rings is 4. The second kappa shape index (κ2) is 5.92. The van der Waals surface area contributed by atoms with Gasteiger partial charge >= 0.3 is 0 Å². The van der Waals surface area contributed by atoms with E-state index in [0.29, 0.717) is 0 Å². The highest BCUT2D eigenvalue weighted by Gasteiger charge is 2.12. The van der Waals surface area contributed by atoms with Gasteiger partial charge in [-0.25, -0.2) is 0 Å². The van der Waals surface area contributed by atoms with Gasteiger partial charge in [-0.2, -0.15) is 0 Å². The molecule has 5 aromatic rings. The zero-order valence-corrected chi connectivity index (χ0v) is 14.3. The van der Waals surface area contributed by atoms with Crippen molar-refractivity contribution in [1.29, 1.82) is 0 Å². The molecule has 4 aromatic carbocycles. The van der Waals surface area contributed by atoms with Gasteiger partial charge in [0.2, 0.25) is 0 Å². The molecule has 26 heavy (non-hydrogen) atoms. The number of para-hydroxylation sites is 1. The summed E-state index contributed by atoms with van der Waals surface area (Å²) in [5, 5.41) is 2.51. The Balaban J connectivity index is 1.85. The summed E-state index contributed by atoms with van der Waals surface area (Å²) >= 11 is 0.